The Morgan fingerprint density at radius 3 is 2.10 bits per heavy atom. The number of methoxy groups -OCH3 is 2. The quantitative estimate of drug-likeness (QED) is 0.0372. The molecule has 0 radical (unpaired) electrons. The highest BCUT2D eigenvalue weighted by Crippen LogP contribution is 2.39. The molecular weight excluding hydrogens is 657 g/mol. The summed E-state index contributed by atoms with van der Waals surface area (Å²) in [6.45, 7) is 13.1. The van der Waals surface area contributed by atoms with E-state index in [-0.39, 0.29) is 41.5 Å². The molecule has 1 unspecified atom stereocenters. The molecule has 274 valence electrons. The van der Waals surface area contributed by atoms with E-state index in [4.69, 9.17) is 28.1 Å². The van der Waals surface area contributed by atoms with Gasteiger partial charge in [0, 0.05) is 19.3 Å². The first-order chi connectivity index (χ1) is 23.5. The van der Waals surface area contributed by atoms with Crippen LogP contribution in [0.3, 0.4) is 0 Å². The van der Waals surface area contributed by atoms with Gasteiger partial charge in [0.2, 0.25) is 0 Å². The minimum atomic E-state index is -3.05. The van der Waals surface area contributed by atoms with Gasteiger partial charge in [-0.3, -0.25) is 9.59 Å². The third-order valence-corrected chi connectivity index (χ3v) is 14.7. The Hall–Kier alpha value is -2.47. The number of esters is 2. The summed E-state index contributed by atoms with van der Waals surface area (Å²) in [5.74, 6) is 0.300. The van der Waals surface area contributed by atoms with Crippen LogP contribution in [-0.4, -0.2) is 83.8 Å². The summed E-state index contributed by atoms with van der Waals surface area (Å²) >= 11 is 1.72. The molecule has 8 nitrogen and oxygen atoms in total. The largest absolute Gasteiger partial charge is 0.469 e. The van der Waals surface area contributed by atoms with Crippen molar-refractivity contribution >= 4 is 42.4 Å². The first-order valence-corrected chi connectivity index (χ1v) is 20.4. The third-order valence-electron chi connectivity index (χ3n) is 8.30. The summed E-state index contributed by atoms with van der Waals surface area (Å²) in [5.41, 5.74) is 0. The van der Waals surface area contributed by atoms with Crippen LogP contribution in [-0.2, 0) is 37.7 Å². The van der Waals surface area contributed by atoms with E-state index in [1.54, 1.807) is 18.9 Å². The highest BCUT2D eigenvalue weighted by molar-refractivity contribution is 7.99. The molecule has 49 heavy (non-hydrogen) atoms. The molecule has 0 aliphatic heterocycles. The lowest BCUT2D eigenvalue weighted by molar-refractivity contribution is -0.146. The van der Waals surface area contributed by atoms with E-state index in [1.165, 1.54) is 14.0 Å². The monoisotopic (exact) mass is 716 g/mol. The fraction of sp³-hybridized carbons (Fsp3) is 0.590. The summed E-state index contributed by atoms with van der Waals surface area (Å²) in [4.78, 5) is 24.3. The van der Waals surface area contributed by atoms with Gasteiger partial charge in [0.05, 0.1) is 39.0 Å². The normalized spacial score (nSPS) is 14.7. The Morgan fingerprint density at radius 1 is 0.939 bits per heavy atom. The van der Waals surface area contributed by atoms with Crippen LogP contribution >= 0.6 is 11.8 Å². The van der Waals surface area contributed by atoms with Crippen molar-refractivity contribution in [1.29, 1.82) is 0 Å². The Morgan fingerprint density at radius 2 is 1.57 bits per heavy atom. The molecule has 0 aromatic heterocycles. The van der Waals surface area contributed by atoms with E-state index >= 15 is 0 Å². The van der Waals surface area contributed by atoms with Crippen LogP contribution in [0.5, 0.6) is 0 Å². The van der Waals surface area contributed by atoms with E-state index in [9.17, 15) is 9.59 Å². The van der Waals surface area contributed by atoms with Gasteiger partial charge < -0.3 is 28.1 Å². The third kappa shape index (κ3) is 14.4. The Kier molecular flexibility index (Phi) is 20.1. The Labute approximate surface area is 300 Å². The van der Waals surface area contributed by atoms with Gasteiger partial charge in [-0.15, -0.1) is 0 Å². The number of hydrogen-bond donors (Lipinski definition) is 0. The lowest BCUT2D eigenvalue weighted by atomic mass is 10.1. The lowest BCUT2D eigenvalue weighted by Gasteiger charge is -2.46. The molecule has 10 heteroatoms. The molecule has 0 spiro atoms. The van der Waals surface area contributed by atoms with Gasteiger partial charge in [-0.2, -0.15) is 11.8 Å². The molecule has 4 atom stereocenters. The molecular formula is C39H60O8SSi. The molecule has 0 fully saturated rings. The van der Waals surface area contributed by atoms with E-state index in [0.717, 1.165) is 48.2 Å². The smallest absolute Gasteiger partial charge is 0.306 e. The van der Waals surface area contributed by atoms with Crippen LogP contribution in [0, 0.1) is 0 Å². The van der Waals surface area contributed by atoms with Crippen LogP contribution in [0.2, 0.25) is 5.04 Å². The first-order valence-electron chi connectivity index (χ1n) is 17.5. The van der Waals surface area contributed by atoms with Crippen molar-refractivity contribution in [3.05, 3.63) is 72.8 Å². The van der Waals surface area contributed by atoms with Gasteiger partial charge in [0.15, 0.2) is 0 Å². The Bertz CT molecular complexity index is 1180. The number of allylic oxidation sites excluding steroid dienone is 1. The maximum absolute atomic E-state index is 12.9. The van der Waals surface area contributed by atoms with Crippen LogP contribution in [0.1, 0.15) is 80.1 Å². The van der Waals surface area contributed by atoms with Crippen molar-refractivity contribution in [3.63, 3.8) is 0 Å². The standard InChI is InChI=1S/C39H60O8SSi/c1-9-10-28-48-36(29-37(41)43-8)38(45-30-44-27-26-42-7)35(25-19-11-14-20-31(2)46-32(3)40)47-49(39(4,5)6,33-21-15-12-16-22-33)34-23-17-13-18-24-34/h12-13,15-19,21-25,31,35-36,38H,9-11,14,20,26-30H2,1-8H3/b25-19+/t31-,35+,36?,38-/m0/s1. The number of rotatable bonds is 24. The van der Waals surface area contributed by atoms with Crippen molar-refractivity contribution in [3.8, 4) is 0 Å². The van der Waals surface area contributed by atoms with E-state index in [1.807, 2.05) is 19.1 Å². The fourth-order valence-corrected chi connectivity index (χ4v) is 11.9. The molecule has 0 aliphatic carbocycles. The minimum Gasteiger partial charge on any atom is -0.469 e. The maximum Gasteiger partial charge on any atom is 0.306 e. The fourth-order valence-electron chi connectivity index (χ4n) is 5.85. The lowest BCUT2D eigenvalue weighted by Crippen LogP contribution is -2.68. The van der Waals surface area contributed by atoms with Crippen molar-refractivity contribution < 1.29 is 37.7 Å². The van der Waals surface area contributed by atoms with E-state index in [0.29, 0.717) is 13.2 Å². The predicted octanol–water partition coefficient (Wildman–Crippen LogP) is 7.08. The number of thioether (sulfide) groups is 1. The number of carbonyl (C=O) groups is 2. The second-order valence-corrected chi connectivity index (χ2v) is 18.8. The zero-order valence-corrected chi connectivity index (χ0v) is 32.8. The zero-order chi connectivity index (χ0) is 36.1. The predicted molar refractivity (Wildman–Crippen MR) is 202 cm³/mol. The highest BCUT2D eigenvalue weighted by atomic mass is 32.2. The number of hydrogen-bond acceptors (Lipinski definition) is 9. The number of ether oxygens (including phenoxy) is 5. The molecule has 2 aromatic carbocycles. The van der Waals surface area contributed by atoms with Crippen LogP contribution < -0.4 is 10.4 Å². The van der Waals surface area contributed by atoms with E-state index in [2.05, 4.69) is 88.4 Å². The molecule has 0 saturated heterocycles. The molecule has 0 aliphatic rings. The number of unbranched alkanes of at least 4 members (excludes halogenated alkanes) is 2. The van der Waals surface area contributed by atoms with Crippen molar-refractivity contribution in [1.82, 2.24) is 0 Å². The molecule has 0 saturated carbocycles. The molecule has 0 heterocycles. The van der Waals surface area contributed by atoms with Gasteiger partial charge in [-0.25, -0.2) is 0 Å². The van der Waals surface area contributed by atoms with Crippen molar-refractivity contribution in [2.75, 3.05) is 40.0 Å². The number of benzene rings is 2. The average Bonchev–Trinajstić information content (AvgIpc) is 3.07. The zero-order valence-electron chi connectivity index (χ0n) is 31.0. The average molecular weight is 717 g/mol. The van der Waals surface area contributed by atoms with Gasteiger partial charge in [0.25, 0.3) is 8.32 Å². The van der Waals surface area contributed by atoms with Gasteiger partial charge in [0.1, 0.15) is 12.9 Å². The summed E-state index contributed by atoms with van der Waals surface area (Å²) < 4.78 is 35.9. The van der Waals surface area contributed by atoms with Gasteiger partial charge >= 0.3 is 11.9 Å². The van der Waals surface area contributed by atoms with Crippen molar-refractivity contribution in [2.24, 2.45) is 0 Å². The van der Waals surface area contributed by atoms with E-state index < -0.39 is 20.5 Å². The molecule has 0 N–H and O–H groups in total. The second-order valence-electron chi connectivity index (χ2n) is 13.2. The summed E-state index contributed by atoms with van der Waals surface area (Å²) in [6.07, 6.45) is 7.57. The maximum atomic E-state index is 12.9. The van der Waals surface area contributed by atoms with Crippen LogP contribution in [0.4, 0.5) is 0 Å². The van der Waals surface area contributed by atoms with Crippen LogP contribution in [0.25, 0.3) is 0 Å². The second kappa shape index (κ2) is 23.1. The Balaban J connectivity index is 2.71. The van der Waals surface area contributed by atoms with Gasteiger partial charge in [-0.05, 0) is 53.8 Å². The van der Waals surface area contributed by atoms with Crippen molar-refractivity contribution in [2.45, 2.75) is 109 Å². The summed E-state index contributed by atoms with van der Waals surface area (Å²) in [5, 5.41) is 1.76. The summed E-state index contributed by atoms with van der Waals surface area (Å²) in [7, 11) is 0.0103. The first kappa shape index (κ1) is 42.7. The SMILES string of the molecule is CCCCSC(CC(=O)OC)[C@@H](OCOCCOC)[C@@H](/C=C/CCC[C@H](C)OC(C)=O)O[Si](c1ccccc1)(c1ccccc1)C(C)(C)C. The van der Waals surface area contributed by atoms with Gasteiger partial charge in [-0.1, -0.05) is 107 Å². The topological polar surface area (TPSA) is 89.5 Å². The highest BCUT2D eigenvalue weighted by Gasteiger charge is 2.52. The molecule has 2 rings (SSSR count). The van der Waals surface area contributed by atoms with Crippen LogP contribution in [0.15, 0.2) is 72.8 Å². The molecule has 0 amide bonds. The summed E-state index contributed by atoms with van der Waals surface area (Å²) in [6, 6.07) is 21.0. The number of carbonyl (C=O) groups excluding carboxylic acids is 2. The molecule has 2 aromatic rings. The molecule has 0 bridgehead atoms. The minimum absolute atomic E-state index is 0.0222.